The summed E-state index contributed by atoms with van der Waals surface area (Å²) < 4.78 is 0. The van der Waals surface area contributed by atoms with Crippen LogP contribution in [0, 0.1) is 20.8 Å². The van der Waals surface area contributed by atoms with Gasteiger partial charge in [-0.2, -0.15) is 0 Å². The molecule has 0 radical (unpaired) electrons. The van der Waals surface area contributed by atoms with E-state index < -0.39 is 0 Å². The number of rotatable bonds is 7. The summed E-state index contributed by atoms with van der Waals surface area (Å²) >= 11 is 1.70. The van der Waals surface area contributed by atoms with Gasteiger partial charge in [0, 0.05) is 24.2 Å². The minimum atomic E-state index is -0.185. The second-order valence-electron chi connectivity index (χ2n) is 6.76. The van der Waals surface area contributed by atoms with Crippen LogP contribution in [0.25, 0.3) is 0 Å². The Hall–Kier alpha value is -2.18. The number of hydrogen-bond acceptors (Lipinski definition) is 4. The lowest BCUT2D eigenvalue weighted by atomic mass is 10.1. The van der Waals surface area contributed by atoms with Crippen molar-refractivity contribution in [3.8, 4) is 0 Å². The van der Waals surface area contributed by atoms with Gasteiger partial charge in [0.1, 0.15) is 0 Å². The number of amides is 2. The van der Waals surface area contributed by atoms with Crippen molar-refractivity contribution in [2.45, 2.75) is 27.3 Å². The lowest BCUT2D eigenvalue weighted by Gasteiger charge is -2.22. The van der Waals surface area contributed by atoms with Crippen LogP contribution >= 0.6 is 11.3 Å². The lowest BCUT2D eigenvalue weighted by molar-refractivity contribution is -0.134. The summed E-state index contributed by atoms with van der Waals surface area (Å²) in [5, 5.41) is 4.98. The first-order valence-corrected chi connectivity index (χ1v) is 9.47. The van der Waals surface area contributed by atoms with Gasteiger partial charge in [-0.25, -0.2) is 0 Å². The summed E-state index contributed by atoms with van der Waals surface area (Å²) in [6, 6.07) is 7.96. The van der Waals surface area contributed by atoms with E-state index in [0.29, 0.717) is 0 Å². The van der Waals surface area contributed by atoms with Gasteiger partial charge in [0.25, 0.3) is 0 Å². The van der Waals surface area contributed by atoms with Crippen LogP contribution in [0.5, 0.6) is 0 Å². The summed E-state index contributed by atoms with van der Waals surface area (Å²) in [4.78, 5) is 29.4. The van der Waals surface area contributed by atoms with E-state index in [0.717, 1.165) is 23.4 Å². The largest absolute Gasteiger partial charge is 0.335 e. The van der Waals surface area contributed by atoms with Crippen LogP contribution in [0.3, 0.4) is 0 Å². The third-order valence-corrected chi connectivity index (χ3v) is 5.35. The zero-order valence-corrected chi connectivity index (χ0v) is 16.9. The van der Waals surface area contributed by atoms with Crippen molar-refractivity contribution < 1.29 is 9.59 Å². The molecular weight excluding hydrogens is 346 g/mol. The molecule has 0 unspecified atom stereocenters. The number of likely N-dealkylation sites (N-methyl/N-ethyl adjacent to an activating group) is 2. The Morgan fingerprint density at radius 2 is 1.65 bits per heavy atom. The van der Waals surface area contributed by atoms with Gasteiger partial charge in [-0.05, 0) is 56.0 Å². The minimum absolute atomic E-state index is 0.0402. The Morgan fingerprint density at radius 1 is 1.00 bits per heavy atom. The fraction of sp³-hybridized carbons (Fsp3) is 0.400. The first kappa shape index (κ1) is 20.1. The molecule has 0 aliphatic heterocycles. The maximum atomic E-state index is 12.4. The monoisotopic (exact) mass is 373 g/mol. The van der Waals surface area contributed by atoms with Gasteiger partial charge in [-0.3, -0.25) is 14.5 Å². The van der Waals surface area contributed by atoms with E-state index in [2.05, 4.69) is 23.7 Å². The number of nitrogens with zero attached hydrogens (tertiary/aromatic N) is 2. The quantitative estimate of drug-likeness (QED) is 0.811. The molecule has 1 aromatic carbocycles. The van der Waals surface area contributed by atoms with E-state index in [9.17, 15) is 9.59 Å². The highest BCUT2D eigenvalue weighted by Gasteiger charge is 2.16. The van der Waals surface area contributed by atoms with Crippen molar-refractivity contribution in [3.63, 3.8) is 0 Å². The molecule has 0 saturated heterocycles. The predicted octanol–water partition coefficient (Wildman–Crippen LogP) is 3.20. The lowest BCUT2D eigenvalue weighted by Crippen LogP contribution is -2.40. The Bertz CT molecular complexity index is 765. The fourth-order valence-electron chi connectivity index (χ4n) is 2.71. The smallest absolute Gasteiger partial charge is 0.243 e. The summed E-state index contributed by atoms with van der Waals surface area (Å²) in [5.74, 6) is -0.256. The second-order valence-corrected chi connectivity index (χ2v) is 7.76. The van der Waals surface area contributed by atoms with Crippen molar-refractivity contribution in [1.29, 1.82) is 0 Å². The number of para-hydroxylation sites is 1. The Kier molecular flexibility index (Phi) is 6.94. The molecule has 2 aromatic rings. The summed E-state index contributed by atoms with van der Waals surface area (Å²) in [7, 11) is 3.58. The number of benzene rings is 1. The maximum absolute atomic E-state index is 12.4. The predicted molar refractivity (Wildman–Crippen MR) is 108 cm³/mol. The molecule has 0 atom stereocenters. The highest BCUT2D eigenvalue weighted by molar-refractivity contribution is 7.10. The van der Waals surface area contributed by atoms with Crippen LogP contribution in [0.2, 0.25) is 0 Å². The van der Waals surface area contributed by atoms with Crippen molar-refractivity contribution in [1.82, 2.24) is 9.80 Å². The molecule has 1 heterocycles. The fourth-order valence-corrected chi connectivity index (χ4v) is 3.70. The molecule has 0 spiro atoms. The van der Waals surface area contributed by atoms with Crippen molar-refractivity contribution >= 4 is 28.8 Å². The summed E-state index contributed by atoms with van der Waals surface area (Å²) in [6.45, 7) is 7.05. The molecule has 0 saturated carbocycles. The van der Waals surface area contributed by atoms with E-state index in [1.807, 2.05) is 44.0 Å². The first-order valence-electron chi connectivity index (χ1n) is 8.59. The number of hydrogen-bond donors (Lipinski definition) is 1. The highest BCUT2D eigenvalue weighted by Crippen LogP contribution is 2.19. The molecule has 0 aliphatic rings. The summed E-state index contributed by atoms with van der Waals surface area (Å²) in [5.41, 5.74) is 4.09. The minimum Gasteiger partial charge on any atom is -0.335 e. The summed E-state index contributed by atoms with van der Waals surface area (Å²) in [6.07, 6.45) is 0. The Morgan fingerprint density at radius 3 is 2.23 bits per heavy atom. The zero-order valence-electron chi connectivity index (χ0n) is 16.1. The first-order chi connectivity index (χ1) is 12.3. The molecule has 2 amide bonds. The van der Waals surface area contributed by atoms with Crippen LogP contribution in [-0.2, 0) is 16.1 Å². The number of nitrogens with one attached hydrogen (secondary N) is 1. The van der Waals surface area contributed by atoms with Crippen LogP contribution < -0.4 is 5.32 Å². The van der Waals surface area contributed by atoms with Crippen LogP contribution in [-0.4, -0.2) is 48.8 Å². The molecule has 5 nitrogen and oxygen atoms in total. The third kappa shape index (κ3) is 5.41. The molecule has 140 valence electrons. The topological polar surface area (TPSA) is 52.7 Å². The molecule has 1 N–H and O–H groups in total. The Balaban J connectivity index is 1.86. The van der Waals surface area contributed by atoms with Gasteiger partial charge in [-0.1, -0.05) is 18.2 Å². The average Bonchev–Trinajstić information content (AvgIpc) is 2.95. The molecule has 0 bridgehead atoms. The molecular formula is C20H27N3O2S. The molecule has 0 fully saturated rings. The molecule has 26 heavy (non-hydrogen) atoms. The highest BCUT2D eigenvalue weighted by atomic mass is 32.1. The number of thiophene rings is 1. The van der Waals surface area contributed by atoms with Crippen LogP contribution in [0.4, 0.5) is 5.69 Å². The van der Waals surface area contributed by atoms with Crippen LogP contribution in [0.15, 0.2) is 29.6 Å². The van der Waals surface area contributed by atoms with Crippen molar-refractivity contribution in [2.24, 2.45) is 0 Å². The Labute approximate surface area is 159 Å². The SMILES string of the molecule is Cc1ccsc1CN(C)CC(=O)N(C)CC(=O)Nc1c(C)cccc1C. The van der Waals surface area contributed by atoms with Gasteiger partial charge < -0.3 is 10.2 Å². The van der Waals surface area contributed by atoms with E-state index in [1.165, 1.54) is 15.3 Å². The van der Waals surface area contributed by atoms with Gasteiger partial charge in [0.05, 0.1) is 13.1 Å². The number of anilines is 1. The van der Waals surface area contributed by atoms with Gasteiger partial charge in [-0.15, -0.1) is 11.3 Å². The number of carbonyl (C=O) groups excluding carboxylic acids is 2. The van der Waals surface area contributed by atoms with E-state index in [1.54, 1.807) is 18.4 Å². The maximum Gasteiger partial charge on any atom is 0.243 e. The average molecular weight is 374 g/mol. The molecule has 0 aliphatic carbocycles. The normalized spacial score (nSPS) is 10.8. The standard InChI is InChI=1S/C20H27N3O2S/c1-14-9-10-26-17(14)11-22(4)13-19(25)23(5)12-18(24)21-20-15(2)7-6-8-16(20)3/h6-10H,11-13H2,1-5H3,(H,21,24). The third-order valence-electron chi connectivity index (χ3n) is 4.34. The zero-order chi connectivity index (χ0) is 19.3. The number of carbonyl (C=O) groups is 2. The van der Waals surface area contributed by atoms with Gasteiger partial charge >= 0.3 is 0 Å². The van der Waals surface area contributed by atoms with Crippen molar-refractivity contribution in [3.05, 3.63) is 51.2 Å². The van der Waals surface area contributed by atoms with Crippen molar-refractivity contribution in [2.75, 3.05) is 32.5 Å². The van der Waals surface area contributed by atoms with E-state index in [-0.39, 0.29) is 24.9 Å². The molecule has 6 heteroatoms. The van der Waals surface area contributed by atoms with Crippen LogP contribution in [0.1, 0.15) is 21.6 Å². The van der Waals surface area contributed by atoms with Gasteiger partial charge in [0.15, 0.2) is 0 Å². The molecule has 2 rings (SSSR count). The van der Waals surface area contributed by atoms with Gasteiger partial charge in [0.2, 0.25) is 11.8 Å². The van der Waals surface area contributed by atoms with E-state index in [4.69, 9.17) is 0 Å². The van der Waals surface area contributed by atoms with E-state index >= 15 is 0 Å². The number of aryl methyl sites for hydroxylation is 3. The second kappa shape index (κ2) is 8.96. The molecule has 1 aromatic heterocycles.